The SMILES string of the molecule is COC(=O)[C@H](CC(=O)OC(C)(C)C)NC(=O)Cc1cccc(C(F)(F)F)c1. The molecule has 0 spiro atoms. The van der Waals surface area contributed by atoms with Crippen LogP contribution in [0.15, 0.2) is 24.3 Å². The number of carbonyl (C=O) groups is 3. The number of hydrogen-bond acceptors (Lipinski definition) is 5. The van der Waals surface area contributed by atoms with Gasteiger partial charge in [-0.25, -0.2) is 4.79 Å². The van der Waals surface area contributed by atoms with E-state index in [2.05, 4.69) is 10.1 Å². The summed E-state index contributed by atoms with van der Waals surface area (Å²) >= 11 is 0. The highest BCUT2D eigenvalue weighted by atomic mass is 19.4. The minimum absolute atomic E-state index is 0.114. The Hall–Kier alpha value is -2.58. The number of methoxy groups -OCH3 is 1. The molecular formula is C18H22F3NO5. The van der Waals surface area contributed by atoms with Crippen molar-refractivity contribution in [3.63, 3.8) is 0 Å². The van der Waals surface area contributed by atoms with Crippen LogP contribution in [0, 0.1) is 0 Å². The van der Waals surface area contributed by atoms with Crippen LogP contribution in [-0.4, -0.2) is 36.6 Å². The maximum Gasteiger partial charge on any atom is 0.416 e. The van der Waals surface area contributed by atoms with E-state index in [0.29, 0.717) is 0 Å². The summed E-state index contributed by atoms with van der Waals surface area (Å²) in [7, 11) is 1.09. The monoisotopic (exact) mass is 389 g/mol. The van der Waals surface area contributed by atoms with Crippen molar-refractivity contribution in [2.75, 3.05) is 7.11 Å². The minimum atomic E-state index is -4.53. The van der Waals surface area contributed by atoms with E-state index >= 15 is 0 Å². The lowest BCUT2D eigenvalue weighted by Crippen LogP contribution is -2.44. The summed E-state index contributed by atoms with van der Waals surface area (Å²) in [5.41, 5.74) is -1.55. The summed E-state index contributed by atoms with van der Waals surface area (Å²) in [5.74, 6) is -2.32. The number of esters is 2. The number of hydrogen-bond donors (Lipinski definition) is 1. The Kier molecular flexibility index (Phi) is 7.38. The highest BCUT2D eigenvalue weighted by Crippen LogP contribution is 2.29. The Morgan fingerprint density at radius 2 is 1.78 bits per heavy atom. The quantitative estimate of drug-likeness (QED) is 0.757. The predicted molar refractivity (Wildman–Crippen MR) is 89.6 cm³/mol. The summed E-state index contributed by atoms with van der Waals surface area (Å²) in [6, 6.07) is 2.98. The third kappa shape index (κ3) is 8.10. The van der Waals surface area contributed by atoms with Gasteiger partial charge < -0.3 is 14.8 Å². The molecule has 0 saturated carbocycles. The van der Waals surface area contributed by atoms with E-state index in [4.69, 9.17) is 4.74 Å². The molecule has 9 heteroatoms. The number of amides is 1. The molecule has 1 amide bonds. The van der Waals surface area contributed by atoms with E-state index < -0.39 is 54.1 Å². The molecule has 0 heterocycles. The lowest BCUT2D eigenvalue weighted by atomic mass is 10.1. The maximum absolute atomic E-state index is 12.7. The van der Waals surface area contributed by atoms with Crippen molar-refractivity contribution in [1.29, 1.82) is 0 Å². The summed E-state index contributed by atoms with van der Waals surface area (Å²) in [5, 5.41) is 2.30. The molecule has 0 aliphatic rings. The van der Waals surface area contributed by atoms with Crippen molar-refractivity contribution in [3.8, 4) is 0 Å². The van der Waals surface area contributed by atoms with Crippen LogP contribution in [-0.2, 0) is 36.5 Å². The Morgan fingerprint density at radius 3 is 2.30 bits per heavy atom. The number of nitrogens with one attached hydrogen (secondary N) is 1. The molecule has 0 fully saturated rings. The first-order valence-corrected chi connectivity index (χ1v) is 8.07. The van der Waals surface area contributed by atoms with Crippen molar-refractivity contribution in [2.24, 2.45) is 0 Å². The number of benzene rings is 1. The van der Waals surface area contributed by atoms with Gasteiger partial charge in [-0.1, -0.05) is 18.2 Å². The predicted octanol–water partition coefficient (Wildman–Crippen LogP) is 2.64. The van der Waals surface area contributed by atoms with Gasteiger partial charge in [0.1, 0.15) is 11.6 Å². The largest absolute Gasteiger partial charge is 0.467 e. The van der Waals surface area contributed by atoms with Gasteiger partial charge in [0, 0.05) is 0 Å². The number of halogens is 3. The van der Waals surface area contributed by atoms with E-state index in [9.17, 15) is 27.6 Å². The molecule has 0 bridgehead atoms. The molecule has 1 atom stereocenters. The molecule has 0 unspecified atom stereocenters. The van der Waals surface area contributed by atoms with E-state index in [1.165, 1.54) is 12.1 Å². The summed E-state index contributed by atoms with van der Waals surface area (Å²) in [6.45, 7) is 4.93. The Morgan fingerprint density at radius 1 is 1.15 bits per heavy atom. The lowest BCUT2D eigenvalue weighted by Gasteiger charge is -2.22. The zero-order valence-corrected chi connectivity index (χ0v) is 15.5. The molecule has 0 aliphatic carbocycles. The normalized spacial score (nSPS) is 12.9. The molecule has 150 valence electrons. The van der Waals surface area contributed by atoms with Gasteiger partial charge in [-0.2, -0.15) is 13.2 Å². The average Bonchev–Trinajstić information content (AvgIpc) is 2.51. The molecule has 6 nitrogen and oxygen atoms in total. The maximum atomic E-state index is 12.7. The second kappa shape index (κ2) is 8.88. The first-order chi connectivity index (χ1) is 12.3. The van der Waals surface area contributed by atoms with E-state index in [1.807, 2.05) is 0 Å². The van der Waals surface area contributed by atoms with E-state index in [-0.39, 0.29) is 5.56 Å². The molecule has 1 rings (SSSR count). The highest BCUT2D eigenvalue weighted by Gasteiger charge is 2.31. The Labute approximate surface area is 155 Å². The molecule has 1 N–H and O–H groups in total. The summed E-state index contributed by atoms with van der Waals surface area (Å²) < 4.78 is 47.8. The van der Waals surface area contributed by atoms with Crippen LogP contribution < -0.4 is 5.32 Å². The third-order valence-corrected chi connectivity index (χ3v) is 3.23. The third-order valence-electron chi connectivity index (χ3n) is 3.23. The molecule has 1 aromatic carbocycles. The fourth-order valence-electron chi connectivity index (χ4n) is 2.17. The van der Waals surface area contributed by atoms with Crippen molar-refractivity contribution in [1.82, 2.24) is 5.32 Å². The summed E-state index contributed by atoms with van der Waals surface area (Å²) in [6.07, 6.45) is -5.39. The van der Waals surface area contributed by atoms with Gasteiger partial charge in [-0.15, -0.1) is 0 Å². The lowest BCUT2D eigenvalue weighted by molar-refractivity contribution is -0.159. The zero-order valence-electron chi connectivity index (χ0n) is 15.5. The number of rotatable bonds is 6. The second-order valence-electron chi connectivity index (χ2n) is 6.81. The van der Waals surface area contributed by atoms with Crippen LogP contribution >= 0.6 is 0 Å². The summed E-state index contributed by atoms with van der Waals surface area (Å²) in [4.78, 5) is 35.8. The van der Waals surface area contributed by atoms with Crippen molar-refractivity contribution in [3.05, 3.63) is 35.4 Å². The molecule has 1 aromatic rings. The zero-order chi connectivity index (χ0) is 20.8. The van der Waals surface area contributed by atoms with Gasteiger partial charge in [0.15, 0.2) is 0 Å². The molecule has 0 saturated heterocycles. The van der Waals surface area contributed by atoms with Crippen LogP contribution in [0.5, 0.6) is 0 Å². The van der Waals surface area contributed by atoms with Gasteiger partial charge in [0.05, 0.1) is 25.5 Å². The smallest absolute Gasteiger partial charge is 0.416 e. The number of carbonyl (C=O) groups excluding carboxylic acids is 3. The van der Waals surface area contributed by atoms with E-state index in [1.54, 1.807) is 20.8 Å². The van der Waals surface area contributed by atoms with Crippen molar-refractivity contribution >= 4 is 17.8 Å². The van der Waals surface area contributed by atoms with Gasteiger partial charge in [0.25, 0.3) is 0 Å². The van der Waals surface area contributed by atoms with Crippen molar-refractivity contribution < 1.29 is 37.0 Å². The van der Waals surface area contributed by atoms with Crippen LogP contribution in [0.1, 0.15) is 38.3 Å². The molecule has 0 aliphatic heterocycles. The van der Waals surface area contributed by atoms with Crippen LogP contribution in [0.25, 0.3) is 0 Å². The van der Waals surface area contributed by atoms with Gasteiger partial charge in [-0.05, 0) is 32.4 Å². The number of alkyl halides is 3. The van der Waals surface area contributed by atoms with Crippen molar-refractivity contribution in [2.45, 2.75) is 51.4 Å². The van der Waals surface area contributed by atoms with Crippen LogP contribution in [0.2, 0.25) is 0 Å². The fourth-order valence-corrected chi connectivity index (χ4v) is 2.17. The molecular weight excluding hydrogens is 367 g/mol. The van der Waals surface area contributed by atoms with Crippen LogP contribution in [0.3, 0.4) is 0 Å². The van der Waals surface area contributed by atoms with Gasteiger partial charge in [-0.3, -0.25) is 9.59 Å². The minimum Gasteiger partial charge on any atom is -0.467 e. The first kappa shape index (κ1) is 22.5. The first-order valence-electron chi connectivity index (χ1n) is 8.07. The molecule has 0 radical (unpaired) electrons. The van der Waals surface area contributed by atoms with Crippen LogP contribution in [0.4, 0.5) is 13.2 Å². The topological polar surface area (TPSA) is 81.7 Å². The highest BCUT2D eigenvalue weighted by molar-refractivity contribution is 5.88. The average molecular weight is 389 g/mol. The fraction of sp³-hybridized carbons (Fsp3) is 0.500. The Balaban J connectivity index is 2.80. The molecule has 0 aromatic heterocycles. The van der Waals surface area contributed by atoms with Gasteiger partial charge in [0.2, 0.25) is 5.91 Å². The number of ether oxygens (including phenoxy) is 2. The standard InChI is InChI=1S/C18H22F3NO5/c1-17(2,3)27-15(24)10-13(16(25)26-4)22-14(23)9-11-6-5-7-12(8-11)18(19,20)21/h5-8,13H,9-10H2,1-4H3,(H,22,23)/t13-/m0/s1. The Bertz CT molecular complexity index is 695. The van der Waals surface area contributed by atoms with Gasteiger partial charge >= 0.3 is 18.1 Å². The van der Waals surface area contributed by atoms with E-state index in [0.717, 1.165) is 19.2 Å². The molecule has 27 heavy (non-hydrogen) atoms. The second-order valence-corrected chi connectivity index (χ2v) is 6.81.